The minimum atomic E-state index is -0.263. The highest BCUT2D eigenvalue weighted by Gasteiger charge is 2.39. The summed E-state index contributed by atoms with van der Waals surface area (Å²) in [5.74, 6) is 5.27. The zero-order chi connectivity index (χ0) is 107. The molecule has 0 spiro atoms. The summed E-state index contributed by atoms with van der Waals surface area (Å²) in [5.41, 5.74) is 10.5. The molecule has 8 aromatic heterocycles. The van der Waals surface area contributed by atoms with Crippen molar-refractivity contribution in [2.45, 2.75) is 126 Å². The highest BCUT2D eigenvalue weighted by Crippen LogP contribution is 2.53. The van der Waals surface area contributed by atoms with Crippen LogP contribution in [0.1, 0.15) is 81.6 Å². The van der Waals surface area contributed by atoms with Crippen LogP contribution >= 0.6 is 92.8 Å². The van der Waals surface area contributed by atoms with Crippen molar-refractivity contribution >= 4 is 184 Å². The van der Waals surface area contributed by atoms with E-state index in [1.165, 1.54) is 81.2 Å². The Labute approximate surface area is 905 Å². The summed E-state index contributed by atoms with van der Waals surface area (Å²) < 4.78 is 71.4. The normalized spacial score (nSPS) is 19.1. The molecule has 7 aliphatic rings. The molecule has 790 valence electrons. The Morgan fingerprint density at radius 1 is 0.327 bits per heavy atom. The van der Waals surface area contributed by atoms with Gasteiger partial charge in [0.2, 0.25) is 47.4 Å². The van der Waals surface area contributed by atoms with Crippen LogP contribution in [0, 0.1) is 17.3 Å². The van der Waals surface area contributed by atoms with Crippen LogP contribution in [-0.4, -0.2) is 255 Å². The number of nitrogens with zero attached hydrogens (tertiary/aromatic N) is 12. The van der Waals surface area contributed by atoms with Crippen molar-refractivity contribution in [3.63, 3.8) is 0 Å². The first kappa shape index (κ1) is 110. The molecule has 150 heavy (non-hydrogen) atoms. The maximum absolute atomic E-state index is 11.8. The number of rotatable bonds is 34. The van der Waals surface area contributed by atoms with E-state index in [2.05, 4.69) is 110 Å². The smallest absolute Gasteiger partial charge is 0.243 e. The van der Waals surface area contributed by atoms with E-state index in [0.717, 1.165) is 93.9 Å². The molecule has 4 aromatic carbocycles. The quantitative estimate of drug-likeness (QED) is 0.0174. The van der Waals surface area contributed by atoms with E-state index in [9.17, 15) is 19.2 Å². The van der Waals surface area contributed by atoms with Crippen LogP contribution in [-0.2, 0) is 62.1 Å². The minimum Gasteiger partial charge on any atom is -0.495 e. The standard InChI is InChI=1S/C27H29Cl2N5O5.C27H31Cl2N5O4.C26H27Cl2N5O4.C25H25Cl2N5O4/c1-4-22(35)32-18-12-39-13-19(18)33-27-30-10-15-8-16(23-24(28)20(36-2)9-21(37-3)25(23)29)31-17(26(15)34-27)7-14-5-6-38-11-14;1-7-21(35)32-17-12-38-13-18(17)33-26-30-11-14-8-15(31-16(25(14)34-26)10-27(2,3)4)22-23(28)19(36-5)9-20(37-6)24(22)29;1-4-21(34)31-17-11-37-12-18(17)32-26-29-10-14-8-15(30-16(25(14)33-26)7-13-5-6-13)22-23(27)19(35-2)9-20(36-3)24(22)28;1-4-19(33)29-15-10-36-11-16(15)31-25-28-9-13-7-14(30-23(12-5-6-12)24(13)32-25)20-21(26)17(34-2)8-18(35-3)22(20)27/h4,8-10,14,18-19H,1,5-7,11-13H2,2-3H3,(H,32,35)(H,30,33,34);7-9,11,17-18H,1,10,12-13H2,2-6H3,(H,32,35)(H,30,33,34);4,8-10,13,17-18H,1,5-7,11-12H2,2-3H3,(H,31,34)(H,29,32,33);4,7-9,12,15-16H,1,5-6,10-11H2,2-3H3,(H,29,33)(H,28,31,32)/t14?,18-,19+;2*17-,18+;15-,16+/m0000/s1. The molecule has 19 rings (SSSR count). The van der Waals surface area contributed by atoms with Crippen LogP contribution in [0.5, 0.6) is 46.0 Å². The highest BCUT2D eigenvalue weighted by molar-refractivity contribution is 6.43. The number of carbonyl (C=O) groups excluding carboxylic acids is 4. The number of hydrogen-bond donors (Lipinski definition) is 8. The number of amides is 4. The average molecular weight is 2210 g/mol. The van der Waals surface area contributed by atoms with Crippen LogP contribution in [0.4, 0.5) is 23.8 Å². The van der Waals surface area contributed by atoms with E-state index >= 15 is 0 Å². The molecule has 1 unspecified atom stereocenters. The van der Waals surface area contributed by atoms with Crippen LogP contribution in [0.2, 0.25) is 40.2 Å². The lowest BCUT2D eigenvalue weighted by Gasteiger charge is -2.21. The molecule has 5 saturated heterocycles. The molecule has 0 bridgehead atoms. The van der Waals surface area contributed by atoms with Crippen molar-refractivity contribution in [3.05, 3.63) is 187 Å². The van der Waals surface area contributed by atoms with Gasteiger partial charge in [0.05, 0.1) is 266 Å². The number of halogens is 8. The molecule has 5 aliphatic heterocycles. The van der Waals surface area contributed by atoms with Gasteiger partial charge in [0, 0.05) is 112 Å². The number of anilines is 4. The van der Waals surface area contributed by atoms with Crippen LogP contribution in [0.3, 0.4) is 0 Å². The first-order chi connectivity index (χ1) is 72.3. The second-order valence-electron chi connectivity index (χ2n) is 37.4. The molecule has 45 heteroatoms. The van der Waals surface area contributed by atoms with Gasteiger partial charge in [-0.3, -0.25) is 39.1 Å². The monoisotopic (exact) mass is 2200 g/mol. The molecule has 37 nitrogen and oxygen atoms in total. The topological polar surface area (TPSA) is 439 Å². The van der Waals surface area contributed by atoms with E-state index in [4.69, 9.17) is 194 Å². The predicted molar refractivity (Wildman–Crippen MR) is 579 cm³/mol. The largest absolute Gasteiger partial charge is 0.495 e. The number of aromatic nitrogens is 12. The summed E-state index contributed by atoms with van der Waals surface area (Å²) in [7, 11) is 12.3. The van der Waals surface area contributed by atoms with Crippen molar-refractivity contribution < 1.29 is 80.8 Å². The maximum atomic E-state index is 11.8. The van der Waals surface area contributed by atoms with Gasteiger partial charge >= 0.3 is 0 Å². The third-order valence-electron chi connectivity index (χ3n) is 25.8. The van der Waals surface area contributed by atoms with Crippen molar-refractivity contribution in [2.75, 3.05) is 144 Å². The van der Waals surface area contributed by atoms with Gasteiger partial charge in [-0.2, -0.15) is 0 Å². The molecular formula is C105H112Cl8N20O17. The van der Waals surface area contributed by atoms with E-state index in [1.54, 1.807) is 49.1 Å². The molecule has 0 radical (unpaired) electrons. The number of hydrogen-bond acceptors (Lipinski definition) is 33. The minimum absolute atomic E-state index is 0.0872. The predicted octanol–water partition coefficient (Wildman–Crippen LogP) is 18.0. The van der Waals surface area contributed by atoms with Gasteiger partial charge in [0.25, 0.3) is 0 Å². The Morgan fingerprint density at radius 2 is 0.587 bits per heavy atom. The number of fused-ring (bicyclic) bond motifs is 4. The lowest BCUT2D eigenvalue weighted by molar-refractivity contribution is -0.118. The molecule has 2 saturated carbocycles. The number of nitrogens with one attached hydrogen (secondary N) is 8. The third kappa shape index (κ3) is 25.5. The van der Waals surface area contributed by atoms with Gasteiger partial charge in [-0.1, -0.05) is 140 Å². The first-order valence-corrected chi connectivity index (χ1v) is 51.1. The van der Waals surface area contributed by atoms with E-state index in [1.807, 2.05) is 24.3 Å². The van der Waals surface area contributed by atoms with E-state index < -0.39 is 0 Å². The molecule has 4 amide bonds. The van der Waals surface area contributed by atoms with Gasteiger partial charge in [-0.15, -0.1) is 0 Å². The van der Waals surface area contributed by atoms with Crippen molar-refractivity contribution in [2.24, 2.45) is 17.3 Å². The second kappa shape index (κ2) is 49.2. The number of ether oxygens (including phenoxy) is 13. The summed E-state index contributed by atoms with van der Waals surface area (Å²) >= 11 is 53.5. The number of pyridine rings is 4. The highest BCUT2D eigenvalue weighted by atomic mass is 35.5. The van der Waals surface area contributed by atoms with Crippen LogP contribution in [0.15, 0.2) is 124 Å². The van der Waals surface area contributed by atoms with E-state index in [0.29, 0.717) is 257 Å². The summed E-state index contributed by atoms with van der Waals surface area (Å²) in [6.45, 7) is 25.0. The van der Waals surface area contributed by atoms with E-state index in [-0.39, 0.29) is 83.3 Å². The Bertz CT molecular complexity index is 7040. The Balaban J connectivity index is 0.000000142. The molecule has 8 N–H and O–H groups in total. The maximum Gasteiger partial charge on any atom is 0.243 e. The van der Waals surface area contributed by atoms with Crippen LogP contribution < -0.4 is 80.4 Å². The average Bonchev–Trinajstić information content (AvgIpc) is 1.66. The molecule has 9 atom stereocenters. The molecule has 7 fully saturated rings. The van der Waals surface area contributed by atoms with Crippen molar-refractivity contribution in [1.29, 1.82) is 0 Å². The van der Waals surface area contributed by atoms with Gasteiger partial charge in [0.1, 0.15) is 46.0 Å². The fourth-order valence-electron chi connectivity index (χ4n) is 17.8. The first-order valence-electron chi connectivity index (χ1n) is 48.1. The molecule has 2 aliphatic carbocycles. The summed E-state index contributed by atoms with van der Waals surface area (Å²) in [4.78, 5) is 104. The second-order valence-corrected chi connectivity index (χ2v) is 40.5. The number of benzene rings is 4. The van der Waals surface area contributed by atoms with Gasteiger partial charge in [-0.05, 0) is 117 Å². The number of carbonyl (C=O) groups is 4. The van der Waals surface area contributed by atoms with Crippen LogP contribution in [0.25, 0.3) is 88.6 Å². The van der Waals surface area contributed by atoms with Gasteiger partial charge < -0.3 is 104 Å². The van der Waals surface area contributed by atoms with Crippen molar-refractivity contribution in [1.82, 2.24) is 81.1 Å². The summed E-state index contributed by atoms with van der Waals surface area (Å²) in [6, 6.07) is 12.4. The molecular weight excluding hydrogens is 2100 g/mol. The molecule has 12 aromatic rings. The van der Waals surface area contributed by atoms with Gasteiger partial charge in [-0.25, -0.2) is 39.9 Å². The van der Waals surface area contributed by atoms with Gasteiger partial charge in [0.15, 0.2) is 0 Å². The Morgan fingerprint density at radius 3 is 0.847 bits per heavy atom. The number of methoxy groups -OCH3 is 8. The lowest BCUT2D eigenvalue weighted by Crippen LogP contribution is -2.45. The Hall–Kier alpha value is -12.6. The van der Waals surface area contributed by atoms with Crippen molar-refractivity contribution in [3.8, 4) is 91.0 Å². The molecule has 13 heterocycles. The summed E-state index contributed by atoms with van der Waals surface area (Å²) in [5, 5.41) is 30.6. The SMILES string of the molecule is C=CC(=O)N[C@H]1COC[C@H]1Nc1ncc2cc(-c3c(Cl)c(OC)cc(OC)c3Cl)nc(C3CC3)c2n1.C=CC(=O)N[C@H]1COC[C@H]1Nc1ncc2cc(-c3c(Cl)c(OC)cc(OC)c3Cl)nc(CC(C)(C)C)c2n1.C=CC(=O)N[C@H]1COC[C@H]1Nc1ncc2cc(-c3c(Cl)c(OC)cc(OC)c3Cl)nc(CC3CC3)c2n1.C=CC(=O)N[C@H]1COC[C@H]1Nc1ncc2cc(-c3c(Cl)c(OC)cc(OC)c3Cl)nc(CC3CCOC3)c2n1. The fourth-order valence-corrected chi connectivity index (χ4v) is 20.5. The zero-order valence-corrected chi connectivity index (χ0v) is 90.0. The zero-order valence-electron chi connectivity index (χ0n) is 84.0. The summed E-state index contributed by atoms with van der Waals surface area (Å²) in [6.07, 6.45) is 19.3. The Kier molecular flexibility index (Phi) is 36.1. The third-order valence-corrected chi connectivity index (χ3v) is 28.8. The lowest BCUT2D eigenvalue weighted by atomic mass is 9.89. The fraction of sp³-hybridized carbons (Fsp3) is 0.390.